The molecule has 1 aromatic heterocycles. The van der Waals surface area contributed by atoms with Gasteiger partial charge in [-0.1, -0.05) is 230 Å². The summed E-state index contributed by atoms with van der Waals surface area (Å²) >= 11 is 0. The first-order valence-corrected chi connectivity index (χ1v) is 25.3. The molecule has 12 rings (SSSR count). The first-order valence-electron chi connectivity index (χ1n) is 25.3. The second kappa shape index (κ2) is 17.7. The van der Waals surface area contributed by atoms with Crippen LogP contribution in [0.1, 0.15) is 52.7 Å². The molecule has 2 heteroatoms. The van der Waals surface area contributed by atoms with Crippen molar-refractivity contribution in [3.05, 3.63) is 254 Å². The summed E-state index contributed by atoms with van der Waals surface area (Å²) < 4.78 is 2.40. The van der Waals surface area contributed by atoms with Crippen molar-refractivity contribution < 1.29 is 0 Å². The van der Waals surface area contributed by atoms with Crippen LogP contribution in [-0.4, -0.2) is 4.57 Å². The Hall–Kier alpha value is -8.46. The third kappa shape index (κ3) is 7.94. The lowest BCUT2D eigenvalue weighted by Gasteiger charge is -2.29. The summed E-state index contributed by atoms with van der Waals surface area (Å²) in [6, 6.07) is 89.9. The maximum atomic E-state index is 2.49. The van der Waals surface area contributed by atoms with E-state index in [1.54, 1.807) is 0 Å². The van der Waals surface area contributed by atoms with Crippen molar-refractivity contribution in [2.45, 2.75) is 52.4 Å². The number of para-hydroxylation sites is 3. The summed E-state index contributed by atoms with van der Waals surface area (Å²) in [5.74, 6) is 0. The monoisotopic (exact) mass is 926 g/mol. The molecule has 0 aliphatic carbocycles. The molecule has 1 heterocycles. The molecule has 0 aliphatic heterocycles. The molecule has 0 saturated heterocycles. The smallest absolute Gasteiger partial charge is 0.0547 e. The molecule has 12 aromatic rings. The zero-order valence-electron chi connectivity index (χ0n) is 42.0. The summed E-state index contributed by atoms with van der Waals surface area (Å²) in [5.41, 5.74) is 19.0. The van der Waals surface area contributed by atoms with Crippen LogP contribution >= 0.6 is 0 Å². The zero-order valence-corrected chi connectivity index (χ0v) is 42.0. The largest absolute Gasteiger partial charge is 0.310 e. The van der Waals surface area contributed by atoms with Gasteiger partial charge in [0.15, 0.2) is 0 Å². The molecule has 0 atom stereocenters. The number of fused-ring (bicyclic) bond motifs is 5. The van der Waals surface area contributed by atoms with E-state index < -0.39 is 0 Å². The van der Waals surface area contributed by atoms with Crippen LogP contribution in [-0.2, 0) is 10.8 Å². The molecule has 0 spiro atoms. The van der Waals surface area contributed by atoms with Crippen LogP contribution in [0.3, 0.4) is 0 Å². The minimum Gasteiger partial charge on any atom is -0.310 e. The molecule has 0 N–H and O–H groups in total. The zero-order chi connectivity index (χ0) is 49.1. The molecule has 2 nitrogen and oxygen atoms in total. The highest BCUT2D eigenvalue weighted by Gasteiger charge is 2.25. The third-order valence-corrected chi connectivity index (χ3v) is 14.6. The summed E-state index contributed by atoms with van der Waals surface area (Å²) in [7, 11) is 0. The van der Waals surface area contributed by atoms with Crippen LogP contribution in [0.2, 0.25) is 0 Å². The molecule has 0 fully saturated rings. The lowest BCUT2D eigenvalue weighted by molar-refractivity contribution is 0.569. The molecule has 0 aliphatic rings. The number of benzene rings is 11. The molecule has 0 unspecified atom stereocenters. The van der Waals surface area contributed by atoms with Crippen LogP contribution in [0.5, 0.6) is 0 Å². The third-order valence-electron chi connectivity index (χ3n) is 14.6. The van der Waals surface area contributed by atoms with E-state index in [1.165, 1.54) is 87.9 Å². The van der Waals surface area contributed by atoms with Crippen molar-refractivity contribution in [1.82, 2.24) is 4.57 Å². The van der Waals surface area contributed by atoms with E-state index in [2.05, 4.69) is 294 Å². The number of nitrogens with zero attached hydrogens (tertiary/aromatic N) is 2. The lowest BCUT2D eigenvalue weighted by Crippen LogP contribution is -2.16. The van der Waals surface area contributed by atoms with Gasteiger partial charge in [-0.15, -0.1) is 0 Å². The van der Waals surface area contributed by atoms with Crippen molar-refractivity contribution in [2.24, 2.45) is 0 Å². The first-order chi connectivity index (χ1) is 35.0. The molecule has 0 bridgehead atoms. The van der Waals surface area contributed by atoms with Gasteiger partial charge < -0.3 is 9.47 Å². The van der Waals surface area contributed by atoms with Crippen LogP contribution in [0, 0.1) is 0 Å². The fourth-order valence-corrected chi connectivity index (χ4v) is 11.0. The molecule has 72 heavy (non-hydrogen) atoms. The van der Waals surface area contributed by atoms with Gasteiger partial charge in [-0.25, -0.2) is 0 Å². The van der Waals surface area contributed by atoms with Gasteiger partial charge in [-0.2, -0.15) is 0 Å². The van der Waals surface area contributed by atoms with Crippen molar-refractivity contribution in [2.75, 3.05) is 4.90 Å². The Labute approximate surface area is 424 Å². The minimum atomic E-state index is -0.0177. The predicted molar refractivity (Wildman–Crippen MR) is 310 cm³/mol. The van der Waals surface area contributed by atoms with Gasteiger partial charge in [0.1, 0.15) is 0 Å². The molecule has 11 aromatic carbocycles. The molecule has 348 valence electrons. The van der Waals surface area contributed by atoms with Crippen LogP contribution < -0.4 is 4.90 Å². The second-order valence-corrected chi connectivity index (χ2v) is 21.4. The summed E-state index contributed by atoms with van der Waals surface area (Å²) in [4.78, 5) is 2.49. The van der Waals surface area contributed by atoms with Gasteiger partial charge in [-0.3, -0.25) is 0 Å². The quantitative estimate of drug-likeness (QED) is 0.147. The Kier molecular flexibility index (Phi) is 11.0. The average Bonchev–Trinajstić information content (AvgIpc) is 3.75. The van der Waals surface area contributed by atoms with Crippen LogP contribution in [0.15, 0.2) is 243 Å². The number of anilines is 3. The highest BCUT2D eigenvalue weighted by Crippen LogP contribution is 2.48. The van der Waals surface area contributed by atoms with E-state index in [1.807, 2.05) is 0 Å². The van der Waals surface area contributed by atoms with Gasteiger partial charge in [0.25, 0.3) is 0 Å². The SMILES string of the molecule is CC(C)(C)c1cc(-c2cccc3cccc(-c4ccccc4N(c4cccc(-c5cccc6ccccc56)c4)c4cccc(-c5cccc6c5c5ccccc5n6-c5ccccc5)c4)c23)cc(C(C)(C)C)c1. The molecule has 0 saturated carbocycles. The summed E-state index contributed by atoms with van der Waals surface area (Å²) in [6.07, 6.45) is 0. The Bertz CT molecular complexity index is 3960. The van der Waals surface area contributed by atoms with Crippen molar-refractivity contribution in [3.63, 3.8) is 0 Å². The number of hydrogen-bond acceptors (Lipinski definition) is 1. The van der Waals surface area contributed by atoms with Gasteiger partial charge >= 0.3 is 0 Å². The van der Waals surface area contributed by atoms with E-state index in [4.69, 9.17) is 0 Å². The second-order valence-electron chi connectivity index (χ2n) is 21.4. The average molecular weight is 927 g/mol. The molecule has 0 radical (unpaired) electrons. The Balaban J connectivity index is 1.10. The molecular formula is C70H58N2. The maximum absolute atomic E-state index is 2.49. The van der Waals surface area contributed by atoms with E-state index in [0.717, 1.165) is 33.9 Å². The van der Waals surface area contributed by atoms with Gasteiger partial charge in [0.05, 0.1) is 16.7 Å². The number of aromatic nitrogens is 1. The van der Waals surface area contributed by atoms with Crippen molar-refractivity contribution in [1.29, 1.82) is 0 Å². The highest BCUT2D eigenvalue weighted by molar-refractivity contribution is 6.16. The Morgan fingerprint density at radius 1 is 0.319 bits per heavy atom. The van der Waals surface area contributed by atoms with E-state index >= 15 is 0 Å². The first kappa shape index (κ1) is 44.7. The van der Waals surface area contributed by atoms with E-state index in [-0.39, 0.29) is 10.8 Å². The Morgan fingerprint density at radius 3 is 1.50 bits per heavy atom. The Morgan fingerprint density at radius 2 is 0.806 bits per heavy atom. The normalized spacial score (nSPS) is 12.0. The van der Waals surface area contributed by atoms with Gasteiger partial charge in [0.2, 0.25) is 0 Å². The minimum absolute atomic E-state index is 0.0177. The summed E-state index contributed by atoms with van der Waals surface area (Å²) in [5, 5.41) is 7.41. The highest BCUT2D eigenvalue weighted by atomic mass is 15.1. The van der Waals surface area contributed by atoms with E-state index in [9.17, 15) is 0 Å². The van der Waals surface area contributed by atoms with Crippen molar-refractivity contribution >= 4 is 60.4 Å². The van der Waals surface area contributed by atoms with Crippen LogP contribution in [0.25, 0.3) is 93.5 Å². The standard InChI is InChI=1S/C70H58N2/c1-69(2,3)52-42-51(43-53(46-52)70(4,5)6)60-36-19-24-48-25-20-38-62(67(48)60)61-33-12-14-39-64(61)71(55-30-16-26-49(44-55)58-35-18-23-47-22-10-11-32-57(47)58)56-31-17-27-50(45-56)59-37-21-41-66-68(59)63-34-13-15-40-65(63)72(66)54-28-8-7-9-29-54/h7-46H,1-6H3. The topological polar surface area (TPSA) is 8.17 Å². The maximum Gasteiger partial charge on any atom is 0.0547 e. The van der Waals surface area contributed by atoms with Crippen LogP contribution in [0.4, 0.5) is 17.1 Å². The fourth-order valence-electron chi connectivity index (χ4n) is 11.0. The number of rotatable bonds is 8. The molecular weight excluding hydrogens is 869 g/mol. The van der Waals surface area contributed by atoms with Gasteiger partial charge in [0, 0.05) is 33.4 Å². The van der Waals surface area contributed by atoms with Gasteiger partial charge in [-0.05, 0) is 137 Å². The fraction of sp³-hybridized carbons (Fsp3) is 0.114. The molecule has 0 amide bonds. The van der Waals surface area contributed by atoms with Crippen molar-refractivity contribution in [3.8, 4) is 50.2 Å². The summed E-state index contributed by atoms with van der Waals surface area (Å²) in [6.45, 7) is 13.9. The van der Waals surface area contributed by atoms with E-state index in [0.29, 0.717) is 0 Å². The lowest BCUT2D eigenvalue weighted by atomic mass is 9.78. The predicted octanol–water partition coefficient (Wildman–Crippen LogP) is 19.8. The number of hydrogen-bond donors (Lipinski definition) is 0.